The molecule has 0 radical (unpaired) electrons. The number of Topliss-reactive ketones (excluding diaryl/α,β-unsaturated/α-hetero) is 3. The van der Waals surface area contributed by atoms with E-state index < -0.39 is 41.5 Å². The van der Waals surface area contributed by atoms with Gasteiger partial charge in [-0.1, -0.05) is 63.1 Å². The van der Waals surface area contributed by atoms with Gasteiger partial charge in [0, 0.05) is 85.6 Å². The molecule has 0 fully saturated rings. The third-order valence-corrected chi connectivity index (χ3v) is 12.0. The molecule has 2 heterocycles. The second-order valence-corrected chi connectivity index (χ2v) is 17.1. The van der Waals surface area contributed by atoms with Crippen molar-refractivity contribution in [3.63, 3.8) is 0 Å². The number of ketones is 3. The van der Waals surface area contributed by atoms with Crippen LogP contribution < -0.4 is 32.0 Å². The summed E-state index contributed by atoms with van der Waals surface area (Å²) in [4.78, 5) is 77.0. The Kier molecular flexibility index (Phi) is 19.1. The molecule has 4 bridgehead atoms. The summed E-state index contributed by atoms with van der Waals surface area (Å²) in [6.45, 7) is 6.45. The number of unbranched alkanes of at least 4 members (excludes halogenated alkanes) is 2. The predicted octanol–water partition coefficient (Wildman–Crippen LogP) is 6.38. The zero-order valence-electron chi connectivity index (χ0n) is 38.8. The minimum Gasteiger partial charge on any atom is -0.492 e. The van der Waals surface area contributed by atoms with E-state index in [0.29, 0.717) is 45.0 Å². The van der Waals surface area contributed by atoms with Crippen LogP contribution in [0.1, 0.15) is 104 Å². The Bertz CT molecular complexity index is 2380. The monoisotopic (exact) mass is 899 g/mol. The van der Waals surface area contributed by atoms with E-state index in [-0.39, 0.29) is 82.9 Å². The Hall–Kier alpha value is -6.27. The Morgan fingerprint density at radius 1 is 0.894 bits per heavy atom. The Labute approximate surface area is 388 Å². The van der Waals surface area contributed by atoms with Crippen LogP contribution in [0.4, 0.5) is 0 Å². The van der Waals surface area contributed by atoms with Crippen molar-refractivity contribution < 1.29 is 33.4 Å². The maximum absolute atomic E-state index is 14.8. The van der Waals surface area contributed by atoms with E-state index in [1.165, 1.54) is 23.9 Å². The van der Waals surface area contributed by atoms with Crippen LogP contribution in [0, 0.1) is 30.1 Å². The van der Waals surface area contributed by atoms with Gasteiger partial charge >= 0.3 is 0 Å². The fraction of sp³-hybridized carbons (Fsp3) is 0.442. The number of hydrogen-bond donors (Lipinski definition) is 4. The average Bonchev–Trinajstić information content (AvgIpc) is 3.31. The third-order valence-electron chi connectivity index (χ3n) is 12.0. The maximum Gasteiger partial charge on any atom is 0.226 e. The normalized spacial score (nSPS) is 16.6. The number of benzene rings is 3. The number of rotatable bonds is 21. The van der Waals surface area contributed by atoms with Crippen LogP contribution in [-0.2, 0) is 32.0 Å². The number of fused-ring (bicyclic) bond motifs is 5. The maximum atomic E-state index is 14.8. The van der Waals surface area contributed by atoms with Crippen LogP contribution >= 0.6 is 0 Å². The van der Waals surface area contributed by atoms with Crippen LogP contribution in [0.2, 0.25) is 0 Å². The molecule has 1 aromatic heterocycles. The van der Waals surface area contributed by atoms with Gasteiger partial charge in [-0.2, -0.15) is 5.26 Å². The summed E-state index contributed by atoms with van der Waals surface area (Å²) in [7, 11) is 1.52. The number of nitriles is 1. The first-order valence-electron chi connectivity index (χ1n) is 23.1. The number of hydrogen-bond acceptors (Lipinski definition) is 12. The molecule has 7 N–H and O–H groups in total. The molecule has 4 atom stereocenters. The molecule has 1 aliphatic rings. The van der Waals surface area contributed by atoms with Crippen molar-refractivity contribution in [2.45, 2.75) is 97.1 Å². The summed E-state index contributed by atoms with van der Waals surface area (Å²) in [5, 5.41) is 12.1. The van der Waals surface area contributed by atoms with E-state index in [9.17, 15) is 29.2 Å². The van der Waals surface area contributed by atoms with Crippen molar-refractivity contribution in [1.82, 2.24) is 15.2 Å². The zero-order valence-corrected chi connectivity index (χ0v) is 38.8. The molecule has 66 heavy (non-hydrogen) atoms. The van der Waals surface area contributed by atoms with Gasteiger partial charge in [0.2, 0.25) is 11.8 Å². The molecule has 0 saturated heterocycles. The van der Waals surface area contributed by atoms with Gasteiger partial charge in [0.25, 0.3) is 0 Å². The predicted molar refractivity (Wildman–Crippen MR) is 255 cm³/mol. The number of nitrogens with one attached hydrogen (secondary N) is 1. The number of pyridine rings is 1. The summed E-state index contributed by atoms with van der Waals surface area (Å²) < 4.78 is 12.3. The molecule has 5 rings (SSSR count). The van der Waals surface area contributed by atoms with E-state index in [1.807, 2.05) is 30.3 Å². The molecule has 350 valence electrons. The van der Waals surface area contributed by atoms with Gasteiger partial charge in [-0.3, -0.25) is 29.0 Å². The fourth-order valence-electron chi connectivity index (χ4n) is 8.41. The highest BCUT2D eigenvalue weighted by molar-refractivity contribution is 6.01. The van der Waals surface area contributed by atoms with E-state index >= 15 is 0 Å². The number of ether oxygens (including phenoxy) is 2. The molecule has 1 aliphatic heterocycles. The Balaban J connectivity index is 1.53. The number of carbonyl (C=O) groups is 5. The number of aromatic nitrogens is 1. The minimum absolute atomic E-state index is 0.0270. The van der Waals surface area contributed by atoms with Crippen LogP contribution in [0.25, 0.3) is 22.4 Å². The molecule has 2 amide bonds. The van der Waals surface area contributed by atoms with Gasteiger partial charge in [0.15, 0.2) is 17.3 Å². The lowest BCUT2D eigenvalue weighted by molar-refractivity contribution is -0.142. The van der Waals surface area contributed by atoms with Crippen molar-refractivity contribution in [1.29, 1.82) is 5.26 Å². The molecule has 14 heteroatoms. The number of carbonyl (C=O) groups excluding carboxylic acids is 5. The number of likely N-dealkylation sites (N-methyl/N-ethyl adjacent to an activating group) is 1. The molecule has 3 aromatic carbocycles. The number of aryl methyl sites for hydroxylation is 2. The fourth-order valence-corrected chi connectivity index (χ4v) is 8.41. The third kappa shape index (κ3) is 13.2. The molecule has 0 spiro atoms. The van der Waals surface area contributed by atoms with E-state index in [4.69, 9.17) is 31.7 Å². The minimum atomic E-state index is -1.22. The summed E-state index contributed by atoms with van der Waals surface area (Å²) in [6, 6.07) is 22.2. The van der Waals surface area contributed by atoms with Gasteiger partial charge in [0.1, 0.15) is 30.8 Å². The first-order valence-corrected chi connectivity index (χ1v) is 23.1. The lowest BCUT2D eigenvalue weighted by atomic mass is 9.88. The lowest BCUT2D eigenvalue weighted by Crippen LogP contribution is -2.46. The van der Waals surface area contributed by atoms with Gasteiger partial charge in [-0.05, 0) is 92.2 Å². The Morgan fingerprint density at radius 3 is 2.21 bits per heavy atom. The summed E-state index contributed by atoms with van der Waals surface area (Å²) in [5.41, 5.74) is 23.8. The molecular formula is C52H65N7O7. The molecule has 0 aliphatic carbocycles. The molecule has 0 saturated carbocycles. The lowest BCUT2D eigenvalue weighted by Gasteiger charge is -2.32. The van der Waals surface area contributed by atoms with Crippen molar-refractivity contribution in [3.05, 3.63) is 101 Å². The first kappa shape index (κ1) is 50.7. The van der Waals surface area contributed by atoms with Crippen molar-refractivity contribution in [2.24, 2.45) is 29.0 Å². The van der Waals surface area contributed by atoms with E-state index in [0.717, 1.165) is 30.5 Å². The summed E-state index contributed by atoms with van der Waals surface area (Å²) in [5.74, 6) is -3.00. The van der Waals surface area contributed by atoms with Crippen molar-refractivity contribution in [3.8, 4) is 40.0 Å². The highest BCUT2D eigenvalue weighted by Gasteiger charge is 2.36. The van der Waals surface area contributed by atoms with Crippen LogP contribution in [0.3, 0.4) is 0 Å². The standard InChI is InChI=1S/C52H65N7O7/c1-5-6-7-9-35-11-14-37(15-12-35)43-18-17-40(34(3)57-43)46(61)32-39(21-23-54)52(64)59(4)50-38-16-20-49(66-27-25-56)42(31-38)41-29-36(13-19-48(41)65-26-24-55)30-44(45(60)10-8-22-53)58-51(63)33(2)28-47(50)62/h11-20,29,31,33,39,44,50H,5-10,21,23-28,30,32,54-56H2,1-4H3,(H,58,63)/t33-,39-,44+,50+/m1/s1. The van der Waals surface area contributed by atoms with Crippen LogP contribution in [0.5, 0.6) is 11.5 Å². The summed E-state index contributed by atoms with van der Waals surface area (Å²) >= 11 is 0. The highest BCUT2D eigenvalue weighted by atomic mass is 16.5. The number of nitrogens with zero attached hydrogens (tertiary/aromatic N) is 3. The van der Waals surface area contributed by atoms with Gasteiger partial charge in [-0.15, -0.1) is 0 Å². The molecular weight excluding hydrogens is 835 g/mol. The molecule has 4 aromatic rings. The smallest absolute Gasteiger partial charge is 0.226 e. The largest absolute Gasteiger partial charge is 0.492 e. The van der Waals surface area contributed by atoms with Gasteiger partial charge in [0.05, 0.1) is 17.8 Å². The quantitative estimate of drug-likeness (QED) is 0.0527. The van der Waals surface area contributed by atoms with Crippen LogP contribution in [0.15, 0.2) is 72.8 Å². The SMILES string of the molecule is CCCCCc1ccc(-c2ccc(C(=O)C[C@@H](CCN)C(=O)N(C)[C@@H]3C(=O)C[C@@H](C)C(=O)N[C@H](C(=O)CCC#N)Cc4ccc(OCCN)c(c4)-c4cc3ccc4OCCN)c(C)n2)cc1. The number of amides is 2. The molecule has 0 unspecified atom stereocenters. The number of nitrogens with two attached hydrogens (primary N) is 3. The van der Waals surface area contributed by atoms with Crippen molar-refractivity contribution in [2.75, 3.05) is 39.9 Å². The van der Waals surface area contributed by atoms with E-state index in [2.05, 4.69) is 24.4 Å². The topological polar surface area (TPSA) is 234 Å². The van der Waals surface area contributed by atoms with E-state index in [1.54, 1.807) is 50.2 Å². The van der Waals surface area contributed by atoms with Gasteiger partial charge < -0.3 is 36.9 Å². The molecule has 14 nitrogen and oxygen atoms in total. The zero-order chi connectivity index (χ0) is 47.8. The highest BCUT2D eigenvalue weighted by Crippen LogP contribution is 2.41. The Morgan fingerprint density at radius 2 is 1.58 bits per heavy atom. The second kappa shape index (κ2) is 24.9. The van der Waals surface area contributed by atoms with Crippen LogP contribution in [-0.4, -0.2) is 85.0 Å². The summed E-state index contributed by atoms with van der Waals surface area (Å²) in [6.07, 6.45) is 4.20. The van der Waals surface area contributed by atoms with Gasteiger partial charge in [-0.25, -0.2) is 0 Å². The first-order chi connectivity index (χ1) is 31.8. The average molecular weight is 900 g/mol. The van der Waals surface area contributed by atoms with Crippen molar-refractivity contribution >= 4 is 29.2 Å². The second-order valence-electron chi connectivity index (χ2n) is 17.1.